The molecule has 0 fully saturated rings. The number of benzene rings is 1. The average molecular weight is 172 g/mol. The van der Waals surface area contributed by atoms with E-state index in [1.54, 1.807) is 24.3 Å². The van der Waals surface area contributed by atoms with Gasteiger partial charge in [-0.1, -0.05) is 38.0 Å². The van der Waals surface area contributed by atoms with Crippen molar-refractivity contribution in [2.45, 2.75) is 0 Å². The van der Waals surface area contributed by atoms with Crippen LogP contribution in [0.4, 0.5) is 0 Å². The van der Waals surface area contributed by atoms with Crippen molar-refractivity contribution >= 4 is 18.2 Å². The maximum atomic E-state index is 9.57. The molecule has 1 heteroatoms. The lowest BCUT2D eigenvalue weighted by molar-refractivity contribution is 0.474. The van der Waals surface area contributed by atoms with E-state index in [9.17, 15) is 5.11 Å². The second-order valence-corrected chi connectivity index (χ2v) is 2.66. The summed E-state index contributed by atoms with van der Waals surface area (Å²) in [6.45, 7) is 10.9. The van der Waals surface area contributed by atoms with Crippen LogP contribution in [0.2, 0.25) is 0 Å². The van der Waals surface area contributed by atoms with Crippen LogP contribution < -0.4 is 0 Å². The summed E-state index contributed by atoms with van der Waals surface area (Å²) in [5, 5.41) is 9.57. The SMILES string of the molecule is C=Cc1cc(O)c(C=C)c(C=C)c1. The molecular formula is C12H12O. The summed E-state index contributed by atoms with van der Waals surface area (Å²) in [5.74, 6) is 0.210. The van der Waals surface area contributed by atoms with Crippen molar-refractivity contribution in [3.8, 4) is 5.75 Å². The maximum absolute atomic E-state index is 9.57. The second kappa shape index (κ2) is 3.76. The molecule has 1 rings (SSSR count). The summed E-state index contributed by atoms with van der Waals surface area (Å²) in [6.07, 6.45) is 4.97. The van der Waals surface area contributed by atoms with Gasteiger partial charge in [0.05, 0.1) is 0 Å². The molecule has 0 saturated heterocycles. The molecule has 0 unspecified atom stereocenters. The van der Waals surface area contributed by atoms with Crippen LogP contribution in [-0.4, -0.2) is 5.11 Å². The minimum absolute atomic E-state index is 0.210. The molecule has 0 aliphatic heterocycles. The van der Waals surface area contributed by atoms with Gasteiger partial charge in [-0.05, 0) is 23.3 Å². The third-order valence-corrected chi connectivity index (χ3v) is 1.87. The van der Waals surface area contributed by atoms with E-state index < -0.39 is 0 Å². The Morgan fingerprint density at radius 1 is 1.00 bits per heavy atom. The summed E-state index contributed by atoms with van der Waals surface area (Å²) in [6, 6.07) is 3.55. The van der Waals surface area contributed by atoms with Gasteiger partial charge < -0.3 is 5.11 Å². The van der Waals surface area contributed by atoms with Gasteiger partial charge in [0.25, 0.3) is 0 Å². The lowest BCUT2D eigenvalue weighted by atomic mass is 10.0. The summed E-state index contributed by atoms with van der Waals surface area (Å²) < 4.78 is 0. The van der Waals surface area contributed by atoms with E-state index in [0.29, 0.717) is 5.56 Å². The minimum atomic E-state index is 0.210. The van der Waals surface area contributed by atoms with Gasteiger partial charge in [-0.25, -0.2) is 0 Å². The topological polar surface area (TPSA) is 20.2 Å². The largest absolute Gasteiger partial charge is 0.507 e. The molecule has 0 radical (unpaired) electrons. The summed E-state index contributed by atoms with van der Waals surface area (Å²) in [7, 11) is 0. The number of hydrogen-bond acceptors (Lipinski definition) is 1. The monoisotopic (exact) mass is 172 g/mol. The van der Waals surface area contributed by atoms with Gasteiger partial charge in [-0.3, -0.25) is 0 Å². The third-order valence-electron chi connectivity index (χ3n) is 1.87. The van der Waals surface area contributed by atoms with Crippen LogP contribution in [0, 0.1) is 0 Å². The maximum Gasteiger partial charge on any atom is 0.123 e. The molecule has 0 saturated carbocycles. The smallest absolute Gasteiger partial charge is 0.123 e. The van der Waals surface area contributed by atoms with E-state index in [4.69, 9.17) is 0 Å². The Balaban J connectivity index is 3.45. The van der Waals surface area contributed by atoms with Gasteiger partial charge >= 0.3 is 0 Å². The number of aromatic hydroxyl groups is 1. The molecule has 1 N–H and O–H groups in total. The minimum Gasteiger partial charge on any atom is -0.507 e. The first-order valence-electron chi connectivity index (χ1n) is 3.97. The van der Waals surface area contributed by atoms with Crippen LogP contribution >= 0.6 is 0 Å². The number of hydrogen-bond donors (Lipinski definition) is 1. The summed E-state index contributed by atoms with van der Waals surface area (Å²) >= 11 is 0. The lowest BCUT2D eigenvalue weighted by Gasteiger charge is -2.05. The first-order chi connectivity index (χ1) is 6.22. The zero-order valence-corrected chi connectivity index (χ0v) is 7.46. The van der Waals surface area contributed by atoms with Crippen LogP contribution in [0.25, 0.3) is 18.2 Å². The standard InChI is InChI=1S/C12H12O/c1-4-9-7-10(5-2)11(6-3)12(13)8-9/h4-8,13H,1-3H2. The Morgan fingerprint density at radius 2 is 1.69 bits per heavy atom. The molecular weight excluding hydrogens is 160 g/mol. The van der Waals surface area contributed by atoms with Crippen molar-refractivity contribution in [1.82, 2.24) is 0 Å². The van der Waals surface area contributed by atoms with Crippen LogP contribution in [0.5, 0.6) is 5.75 Å². The van der Waals surface area contributed by atoms with Crippen molar-refractivity contribution in [3.63, 3.8) is 0 Å². The first-order valence-corrected chi connectivity index (χ1v) is 3.97. The molecule has 1 aromatic carbocycles. The third kappa shape index (κ3) is 1.70. The van der Waals surface area contributed by atoms with Gasteiger partial charge in [-0.2, -0.15) is 0 Å². The highest BCUT2D eigenvalue weighted by atomic mass is 16.3. The molecule has 0 aliphatic rings. The fourth-order valence-corrected chi connectivity index (χ4v) is 1.19. The van der Waals surface area contributed by atoms with Crippen LogP contribution in [0.15, 0.2) is 31.9 Å². The zero-order chi connectivity index (χ0) is 9.84. The summed E-state index contributed by atoms with van der Waals surface area (Å²) in [5.41, 5.74) is 2.45. The van der Waals surface area contributed by atoms with E-state index in [0.717, 1.165) is 11.1 Å². The van der Waals surface area contributed by atoms with E-state index in [1.807, 2.05) is 6.07 Å². The van der Waals surface area contributed by atoms with Gasteiger partial charge in [-0.15, -0.1) is 0 Å². The number of phenolic OH excluding ortho intramolecular Hbond substituents is 1. The number of rotatable bonds is 3. The van der Waals surface area contributed by atoms with Gasteiger partial charge in [0.1, 0.15) is 5.75 Å². The Kier molecular flexibility index (Phi) is 2.70. The molecule has 66 valence electrons. The predicted octanol–water partition coefficient (Wildman–Crippen LogP) is 3.32. The Hall–Kier alpha value is -1.76. The molecule has 0 bridgehead atoms. The molecule has 1 aromatic rings. The molecule has 0 atom stereocenters. The van der Waals surface area contributed by atoms with Crippen molar-refractivity contribution in [2.24, 2.45) is 0 Å². The van der Waals surface area contributed by atoms with E-state index in [2.05, 4.69) is 19.7 Å². The number of phenols is 1. The van der Waals surface area contributed by atoms with Gasteiger partial charge in [0, 0.05) is 5.56 Å². The van der Waals surface area contributed by atoms with Crippen molar-refractivity contribution in [2.75, 3.05) is 0 Å². The molecule has 0 aliphatic carbocycles. The van der Waals surface area contributed by atoms with Crippen molar-refractivity contribution < 1.29 is 5.11 Å². The molecule has 13 heavy (non-hydrogen) atoms. The van der Waals surface area contributed by atoms with Crippen molar-refractivity contribution in [3.05, 3.63) is 48.6 Å². The lowest BCUT2D eigenvalue weighted by Crippen LogP contribution is -1.83. The van der Waals surface area contributed by atoms with E-state index in [1.165, 1.54) is 0 Å². The fourth-order valence-electron chi connectivity index (χ4n) is 1.19. The van der Waals surface area contributed by atoms with Crippen LogP contribution in [0.3, 0.4) is 0 Å². The molecule has 0 amide bonds. The fraction of sp³-hybridized carbons (Fsp3) is 0. The highest BCUT2D eigenvalue weighted by Gasteiger charge is 2.03. The quantitative estimate of drug-likeness (QED) is 0.741. The molecule has 0 heterocycles. The summed E-state index contributed by atoms with van der Waals surface area (Å²) in [4.78, 5) is 0. The Morgan fingerprint density at radius 3 is 2.15 bits per heavy atom. The van der Waals surface area contributed by atoms with Gasteiger partial charge in [0.2, 0.25) is 0 Å². The molecule has 1 nitrogen and oxygen atoms in total. The average Bonchev–Trinajstić information content (AvgIpc) is 2.16. The van der Waals surface area contributed by atoms with Crippen molar-refractivity contribution in [1.29, 1.82) is 0 Å². The normalized spacial score (nSPS) is 9.23. The molecule has 0 spiro atoms. The van der Waals surface area contributed by atoms with Gasteiger partial charge in [0.15, 0.2) is 0 Å². The Labute approximate surface area is 78.3 Å². The Bertz CT molecular complexity index is 362. The van der Waals surface area contributed by atoms with Crippen LogP contribution in [-0.2, 0) is 0 Å². The molecule has 0 aromatic heterocycles. The van der Waals surface area contributed by atoms with E-state index >= 15 is 0 Å². The van der Waals surface area contributed by atoms with E-state index in [-0.39, 0.29) is 5.75 Å². The van der Waals surface area contributed by atoms with Crippen LogP contribution in [0.1, 0.15) is 16.7 Å². The zero-order valence-electron chi connectivity index (χ0n) is 7.46. The predicted molar refractivity (Wildman–Crippen MR) is 58.4 cm³/mol. The second-order valence-electron chi connectivity index (χ2n) is 2.66. The highest BCUT2D eigenvalue weighted by Crippen LogP contribution is 2.25. The highest BCUT2D eigenvalue weighted by molar-refractivity contribution is 5.71. The first kappa shape index (κ1) is 9.33.